The third kappa shape index (κ3) is 4.04. The SMILES string of the molecule is O=C(Cc1ccccc1F)OCC(=O)N1c2ccccc2CCc2ccccc21. The number of anilines is 2. The lowest BCUT2D eigenvalue weighted by Crippen LogP contribution is -2.31. The van der Waals surface area contributed by atoms with Crippen molar-refractivity contribution in [2.45, 2.75) is 19.3 Å². The summed E-state index contributed by atoms with van der Waals surface area (Å²) < 4.78 is 18.9. The molecule has 0 radical (unpaired) electrons. The third-order valence-corrected chi connectivity index (χ3v) is 5.03. The topological polar surface area (TPSA) is 46.6 Å². The molecule has 1 aliphatic heterocycles. The molecule has 0 N–H and O–H groups in total. The van der Waals surface area contributed by atoms with Crippen molar-refractivity contribution in [1.29, 1.82) is 0 Å². The van der Waals surface area contributed by atoms with Gasteiger partial charge in [0, 0.05) is 0 Å². The van der Waals surface area contributed by atoms with Crippen LogP contribution in [0.15, 0.2) is 72.8 Å². The number of hydrogen-bond acceptors (Lipinski definition) is 3. The molecule has 0 aliphatic carbocycles. The average molecular weight is 389 g/mol. The Balaban J connectivity index is 1.54. The summed E-state index contributed by atoms with van der Waals surface area (Å²) in [6.45, 7) is -0.407. The Labute approximate surface area is 168 Å². The second kappa shape index (κ2) is 8.27. The van der Waals surface area contributed by atoms with E-state index >= 15 is 0 Å². The van der Waals surface area contributed by atoms with E-state index in [4.69, 9.17) is 4.74 Å². The van der Waals surface area contributed by atoms with E-state index < -0.39 is 18.4 Å². The van der Waals surface area contributed by atoms with Crippen LogP contribution in [0.2, 0.25) is 0 Å². The number of rotatable bonds is 4. The van der Waals surface area contributed by atoms with Gasteiger partial charge >= 0.3 is 5.97 Å². The highest BCUT2D eigenvalue weighted by Gasteiger charge is 2.26. The van der Waals surface area contributed by atoms with Crippen molar-refractivity contribution < 1.29 is 18.7 Å². The van der Waals surface area contributed by atoms with Crippen LogP contribution in [0.5, 0.6) is 0 Å². The number of esters is 1. The van der Waals surface area contributed by atoms with Crippen LogP contribution in [0.3, 0.4) is 0 Å². The number of halogens is 1. The molecule has 3 aromatic rings. The number of carbonyl (C=O) groups is 2. The number of benzene rings is 3. The zero-order valence-corrected chi connectivity index (χ0v) is 15.8. The van der Waals surface area contributed by atoms with Gasteiger partial charge in [0.2, 0.25) is 0 Å². The molecule has 1 aliphatic rings. The van der Waals surface area contributed by atoms with E-state index in [2.05, 4.69) is 0 Å². The largest absolute Gasteiger partial charge is 0.455 e. The van der Waals surface area contributed by atoms with E-state index in [1.807, 2.05) is 48.5 Å². The first-order valence-corrected chi connectivity index (χ1v) is 9.51. The van der Waals surface area contributed by atoms with Crippen molar-refractivity contribution >= 4 is 23.3 Å². The first-order chi connectivity index (χ1) is 14.1. The van der Waals surface area contributed by atoms with Crippen LogP contribution in [0.4, 0.5) is 15.8 Å². The van der Waals surface area contributed by atoms with Crippen LogP contribution in [0.1, 0.15) is 16.7 Å². The highest BCUT2D eigenvalue weighted by molar-refractivity contribution is 6.03. The zero-order chi connectivity index (χ0) is 20.2. The van der Waals surface area contributed by atoms with Crippen molar-refractivity contribution in [1.82, 2.24) is 0 Å². The van der Waals surface area contributed by atoms with Gasteiger partial charge in [-0.25, -0.2) is 4.39 Å². The van der Waals surface area contributed by atoms with Gasteiger partial charge in [-0.05, 0) is 47.7 Å². The van der Waals surface area contributed by atoms with Crippen LogP contribution in [-0.4, -0.2) is 18.5 Å². The molecule has 0 unspecified atom stereocenters. The lowest BCUT2D eigenvalue weighted by molar-refractivity contribution is -0.147. The second-order valence-corrected chi connectivity index (χ2v) is 6.92. The highest BCUT2D eigenvalue weighted by atomic mass is 19.1. The Hall–Kier alpha value is -3.47. The molecule has 29 heavy (non-hydrogen) atoms. The van der Waals surface area contributed by atoms with E-state index in [0.717, 1.165) is 35.3 Å². The van der Waals surface area contributed by atoms with Gasteiger partial charge in [0.15, 0.2) is 6.61 Å². The third-order valence-electron chi connectivity index (χ3n) is 5.03. The van der Waals surface area contributed by atoms with Crippen LogP contribution in [0.25, 0.3) is 0 Å². The maximum absolute atomic E-state index is 13.7. The van der Waals surface area contributed by atoms with E-state index in [-0.39, 0.29) is 17.9 Å². The number of amides is 1. The first kappa shape index (κ1) is 18.9. The van der Waals surface area contributed by atoms with Crippen molar-refractivity contribution in [2.75, 3.05) is 11.5 Å². The highest BCUT2D eigenvalue weighted by Crippen LogP contribution is 2.35. The number of aryl methyl sites for hydroxylation is 2. The molecule has 0 bridgehead atoms. The number of fused-ring (bicyclic) bond motifs is 2. The lowest BCUT2D eigenvalue weighted by Gasteiger charge is -2.24. The first-order valence-electron chi connectivity index (χ1n) is 9.51. The number of para-hydroxylation sites is 2. The van der Waals surface area contributed by atoms with Gasteiger partial charge in [-0.3, -0.25) is 14.5 Å². The molecule has 4 rings (SSSR count). The maximum atomic E-state index is 13.7. The van der Waals surface area contributed by atoms with Crippen molar-refractivity contribution in [3.63, 3.8) is 0 Å². The van der Waals surface area contributed by atoms with E-state index in [0.29, 0.717) is 0 Å². The summed E-state index contributed by atoms with van der Waals surface area (Å²) in [6, 6.07) is 21.5. The van der Waals surface area contributed by atoms with Crippen LogP contribution in [0, 0.1) is 5.82 Å². The normalized spacial score (nSPS) is 12.5. The van der Waals surface area contributed by atoms with Crippen LogP contribution >= 0.6 is 0 Å². The van der Waals surface area contributed by atoms with Gasteiger partial charge in [0.05, 0.1) is 17.8 Å². The number of carbonyl (C=O) groups excluding carboxylic acids is 2. The van der Waals surface area contributed by atoms with Gasteiger partial charge in [-0.15, -0.1) is 0 Å². The minimum absolute atomic E-state index is 0.215. The van der Waals surface area contributed by atoms with Crippen molar-refractivity contribution in [3.05, 3.63) is 95.3 Å². The van der Waals surface area contributed by atoms with Gasteiger partial charge < -0.3 is 4.74 Å². The predicted molar refractivity (Wildman–Crippen MR) is 109 cm³/mol. The molecule has 146 valence electrons. The Kier molecular flexibility index (Phi) is 5.38. The van der Waals surface area contributed by atoms with Gasteiger partial charge in [-0.2, -0.15) is 0 Å². The smallest absolute Gasteiger partial charge is 0.310 e. The molecule has 1 heterocycles. The lowest BCUT2D eigenvalue weighted by atomic mass is 10.0. The summed E-state index contributed by atoms with van der Waals surface area (Å²) in [4.78, 5) is 26.8. The fraction of sp³-hybridized carbons (Fsp3) is 0.167. The minimum Gasteiger partial charge on any atom is -0.455 e. The molecule has 4 nitrogen and oxygen atoms in total. The molecular weight excluding hydrogens is 369 g/mol. The van der Waals surface area contributed by atoms with Crippen molar-refractivity contribution in [3.8, 4) is 0 Å². The number of nitrogens with zero attached hydrogens (tertiary/aromatic N) is 1. The number of ether oxygens (including phenoxy) is 1. The Morgan fingerprint density at radius 3 is 2.00 bits per heavy atom. The summed E-state index contributed by atoms with van der Waals surface area (Å²) in [5.74, 6) is -1.44. The standard InChI is InChI=1S/C24H20FNO3/c25-20-10-4-1-9-19(20)15-24(28)29-16-23(27)26-21-11-5-2-7-17(21)13-14-18-8-3-6-12-22(18)26/h1-12H,13-16H2. The maximum Gasteiger partial charge on any atom is 0.310 e. The Morgan fingerprint density at radius 1 is 0.828 bits per heavy atom. The summed E-state index contributed by atoms with van der Waals surface area (Å²) >= 11 is 0. The van der Waals surface area contributed by atoms with Gasteiger partial charge in [0.1, 0.15) is 5.82 Å². The van der Waals surface area contributed by atoms with Gasteiger partial charge in [-0.1, -0.05) is 54.6 Å². The molecule has 0 atom stereocenters. The second-order valence-electron chi connectivity index (χ2n) is 6.92. The summed E-state index contributed by atoms with van der Waals surface area (Å²) in [6.07, 6.45) is 1.43. The molecule has 0 saturated heterocycles. The molecule has 0 fully saturated rings. The summed E-state index contributed by atoms with van der Waals surface area (Å²) in [5.41, 5.74) is 3.97. The number of hydrogen-bond donors (Lipinski definition) is 0. The van der Waals surface area contributed by atoms with E-state index in [1.165, 1.54) is 12.1 Å². The molecule has 3 aromatic carbocycles. The summed E-state index contributed by atoms with van der Waals surface area (Å²) in [5, 5.41) is 0. The average Bonchev–Trinajstić information content (AvgIpc) is 2.91. The molecule has 5 heteroatoms. The van der Waals surface area contributed by atoms with Crippen LogP contribution in [-0.2, 0) is 33.6 Å². The van der Waals surface area contributed by atoms with Crippen LogP contribution < -0.4 is 4.90 Å². The molecule has 0 spiro atoms. The zero-order valence-electron chi connectivity index (χ0n) is 15.8. The molecule has 0 saturated carbocycles. The quantitative estimate of drug-likeness (QED) is 0.623. The Morgan fingerprint density at radius 2 is 1.38 bits per heavy atom. The van der Waals surface area contributed by atoms with E-state index in [1.54, 1.807) is 17.0 Å². The van der Waals surface area contributed by atoms with Gasteiger partial charge in [0.25, 0.3) is 5.91 Å². The Bertz CT molecular complexity index is 1020. The fourth-order valence-corrected chi connectivity index (χ4v) is 3.60. The molecule has 0 aromatic heterocycles. The monoisotopic (exact) mass is 389 g/mol. The minimum atomic E-state index is -0.639. The summed E-state index contributed by atoms with van der Waals surface area (Å²) in [7, 11) is 0. The fourth-order valence-electron chi connectivity index (χ4n) is 3.60. The molecule has 1 amide bonds. The predicted octanol–water partition coefficient (Wildman–Crippen LogP) is 4.37. The molecular formula is C24H20FNO3. The van der Waals surface area contributed by atoms with Crippen molar-refractivity contribution in [2.24, 2.45) is 0 Å². The van der Waals surface area contributed by atoms with E-state index in [9.17, 15) is 14.0 Å².